The summed E-state index contributed by atoms with van der Waals surface area (Å²) in [5.41, 5.74) is 1.42. The van der Waals surface area contributed by atoms with Crippen LogP contribution in [-0.2, 0) is 9.53 Å². The minimum atomic E-state index is -0.539. The molecule has 0 radical (unpaired) electrons. The van der Waals surface area contributed by atoms with Crippen LogP contribution in [0.1, 0.15) is 30.5 Å². The molecular weight excluding hydrogens is 468 g/mol. The van der Waals surface area contributed by atoms with Crippen LogP contribution in [0.4, 0.5) is 13.6 Å². The van der Waals surface area contributed by atoms with Gasteiger partial charge in [0.25, 0.3) is 5.91 Å². The third-order valence-electron chi connectivity index (χ3n) is 6.34. The second kappa shape index (κ2) is 12.0. The Morgan fingerprint density at radius 2 is 1.83 bits per heavy atom. The summed E-state index contributed by atoms with van der Waals surface area (Å²) in [6.07, 6.45) is 0.271. The Labute approximate surface area is 209 Å². The predicted octanol–water partition coefficient (Wildman–Crippen LogP) is 3.01. The number of hydrogen-bond donors (Lipinski definition) is 1. The molecular formula is C26H31F2N5O3. The van der Waals surface area contributed by atoms with Crippen molar-refractivity contribution >= 4 is 17.6 Å². The van der Waals surface area contributed by atoms with Crippen LogP contribution >= 0.6 is 0 Å². The van der Waals surface area contributed by atoms with Crippen LogP contribution in [0, 0.1) is 11.6 Å². The van der Waals surface area contributed by atoms with E-state index in [9.17, 15) is 18.4 Å². The van der Waals surface area contributed by atoms with Crippen LogP contribution in [0.25, 0.3) is 0 Å². The molecule has 1 N–H and O–H groups in total. The zero-order valence-electron chi connectivity index (χ0n) is 20.3. The van der Waals surface area contributed by atoms with Crippen molar-refractivity contribution in [3.63, 3.8) is 0 Å². The number of carbonyl (C=O) groups excluding carboxylic acids is 2. The fourth-order valence-corrected chi connectivity index (χ4v) is 4.38. The number of morpholine rings is 1. The molecule has 3 amide bonds. The normalized spacial score (nSPS) is 18.1. The summed E-state index contributed by atoms with van der Waals surface area (Å²) < 4.78 is 33.5. The Kier molecular flexibility index (Phi) is 8.61. The lowest BCUT2D eigenvalue weighted by Gasteiger charge is -2.31. The van der Waals surface area contributed by atoms with Gasteiger partial charge in [-0.2, -0.15) is 5.10 Å². The monoisotopic (exact) mass is 499 g/mol. The van der Waals surface area contributed by atoms with E-state index in [0.717, 1.165) is 13.1 Å². The van der Waals surface area contributed by atoms with Gasteiger partial charge in [0.1, 0.15) is 18.2 Å². The van der Waals surface area contributed by atoms with E-state index in [1.165, 1.54) is 28.1 Å². The first-order valence-corrected chi connectivity index (χ1v) is 12.2. The molecule has 8 nitrogen and oxygen atoms in total. The number of benzene rings is 2. The Morgan fingerprint density at radius 1 is 1.11 bits per heavy atom. The van der Waals surface area contributed by atoms with Crippen LogP contribution < -0.4 is 5.32 Å². The second-order valence-corrected chi connectivity index (χ2v) is 8.75. The van der Waals surface area contributed by atoms with Crippen LogP contribution in [0.15, 0.2) is 53.6 Å². The van der Waals surface area contributed by atoms with Gasteiger partial charge in [0, 0.05) is 44.7 Å². The minimum absolute atomic E-state index is 0.193. The highest BCUT2D eigenvalue weighted by Gasteiger charge is 2.35. The van der Waals surface area contributed by atoms with Crippen molar-refractivity contribution in [2.75, 3.05) is 52.5 Å². The van der Waals surface area contributed by atoms with Crippen molar-refractivity contribution in [3.8, 4) is 0 Å². The van der Waals surface area contributed by atoms with E-state index in [-0.39, 0.29) is 19.0 Å². The molecule has 0 bridgehead atoms. The number of hydrazone groups is 1. The Morgan fingerprint density at radius 3 is 2.53 bits per heavy atom. The van der Waals surface area contributed by atoms with E-state index in [1.54, 1.807) is 30.3 Å². The van der Waals surface area contributed by atoms with Gasteiger partial charge in [0.2, 0.25) is 0 Å². The molecule has 192 valence electrons. The van der Waals surface area contributed by atoms with Crippen LogP contribution in [-0.4, -0.2) is 84.9 Å². The van der Waals surface area contributed by atoms with E-state index < -0.39 is 23.6 Å². The molecule has 1 atom stereocenters. The molecule has 2 aromatic rings. The number of nitrogens with zero attached hydrogens (tertiary/aromatic N) is 4. The topological polar surface area (TPSA) is 77.5 Å². The van der Waals surface area contributed by atoms with Gasteiger partial charge in [-0.05, 0) is 30.7 Å². The number of ether oxygens (including phenoxy) is 1. The number of nitrogens with one attached hydrogen (secondary N) is 1. The van der Waals surface area contributed by atoms with E-state index in [2.05, 4.69) is 15.3 Å². The zero-order valence-corrected chi connectivity index (χ0v) is 20.3. The molecule has 1 unspecified atom stereocenters. The van der Waals surface area contributed by atoms with Crippen molar-refractivity contribution < 1.29 is 23.1 Å². The predicted molar refractivity (Wildman–Crippen MR) is 131 cm³/mol. The van der Waals surface area contributed by atoms with E-state index in [4.69, 9.17) is 4.74 Å². The number of carbonyl (C=O) groups is 2. The van der Waals surface area contributed by atoms with Crippen LogP contribution in [0.2, 0.25) is 0 Å². The van der Waals surface area contributed by atoms with Crippen molar-refractivity contribution in [3.05, 3.63) is 71.3 Å². The molecule has 0 aliphatic carbocycles. The van der Waals surface area contributed by atoms with Gasteiger partial charge in [-0.1, -0.05) is 30.3 Å². The van der Waals surface area contributed by atoms with Gasteiger partial charge in [0.15, 0.2) is 0 Å². The molecule has 0 aromatic heterocycles. The summed E-state index contributed by atoms with van der Waals surface area (Å²) in [5, 5.41) is 8.56. The summed E-state index contributed by atoms with van der Waals surface area (Å²) in [6.45, 7) is 5.84. The standard InChI is InChI=1S/C26H31F2N5O3/c1-2-29-26(35)32(12-11-31-13-15-36-16-14-31)18-25(34)33-24(19-7-9-20(27)10-8-19)17-23(30-33)21-5-3-4-6-22(21)28/h3-10,24H,2,11-18H2,1H3,(H,29,35). The fraction of sp³-hybridized carbons (Fsp3) is 0.423. The highest BCUT2D eigenvalue weighted by Crippen LogP contribution is 2.33. The summed E-state index contributed by atoms with van der Waals surface area (Å²) in [4.78, 5) is 29.9. The fourth-order valence-electron chi connectivity index (χ4n) is 4.38. The average Bonchev–Trinajstić information content (AvgIpc) is 3.33. The van der Waals surface area contributed by atoms with Crippen molar-refractivity contribution in [2.24, 2.45) is 5.10 Å². The number of urea groups is 1. The number of rotatable bonds is 8. The van der Waals surface area contributed by atoms with Crippen molar-refractivity contribution in [1.29, 1.82) is 0 Å². The first-order valence-electron chi connectivity index (χ1n) is 12.2. The molecule has 2 aromatic carbocycles. The van der Waals surface area contributed by atoms with Crippen molar-refractivity contribution in [1.82, 2.24) is 20.1 Å². The maximum Gasteiger partial charge on any atom is 0.317 e. The second-order valence-electron chi connectivity index (χ2n) is 8.75. The molecule has 36 heavy (non-hydrogen) atoms. The van der Waals surface area contributed by atoms with Crippen molar-refractivity contribution in [2.45, 2.75) is 19.4 Å². The van der Waals surface area contributed by atoms with E-state index >= 15 is 0 Å². The van der Waals surface area contributed by atoms with Crippen LogP contribution in [0.3, 0.4) is 0 Å². The highest BCUT2D eigenvalue weighted by molar-refractivity contribution is 6.03. The largest absolute Gasteiger partial charge is 0.379 e. The number of halogens is 2. The Hall–Kier alpha value is -3.37. The smallest absolute Gasteiger partial charge is 0.317 e. The lowest BCUT2D eigenvalue weighted by atomic mass is 9.98. The van der Waals surface area contributed by atoms with Gasteiger partial charge in [-0.25, -0.2) is 18.6 Å². The van der Waals surface area contributed by atoms with Gasteiger partial charge < -0.3 is 15.0 Å². The molecule has 1 saturated heterocycles. The van der Waals surface area contributed by atoms with Gasteiger partial charge in [-0.15, -0.1) is 0 Å². The van der Waals surface area contributed by atoms with Gasteiger partial charge in [0.05, 0.1) is 25.0 Å². The maximum atomic E-state index is 14.5. The van der Waals surface area contributed by atoms with Crippen LogP contribution in [0.5, 0.6) is 0 Å². The molecule has 4 rings (SSSR count). The third kappa shape index (κ3) is 6.24. The zero-order chi connectivity index (χ0) is 25.5. The number of amides is 3. The molecule has 0 spiro atoms. The summed E-state index contributed by atoms with van der Waals surface area (Å²) in [6, 6.07) is 11.2. The lowest BCUT2D eigenvalue weighted by Crippen LogP contribution is -2.49. The SMILES string of the molecule is CCNC(=O)N(CCN1CCOCC1)CC(=O)N1N=C(c2ccccc2F)CC1c1ccc(F)cc1. The molecule has 2 aliphatic heterocycles. The van der Waals surface area contributed by atoms with E-state index in [1.807, 2.05) is 6.92 Å². The summed E-state index contributed by atoms with van der Waals surface area (Å²) in [7, 11) is 0. The lowest BCUT2D eigenvalue weighted by molar-refractivity contribution is -0.133. The Balaban J connectivity index is 1.55. The summed E-state index contributed by atoms with van der Waals surface area (Å²) >= 11 is 0. The summed E-state index contributed by atoms with van der Waals surface area (Å²) in [5.74, 6) is -1.22. The molecule has 10 heteroatoms. The van der Waals surface area contributed by atoms with Gasteiger partial charge >= 0.3 is 6.03 Å². The maximum absolute atomic E-state index is 14.5. The average molecular weight is 500 g/mol. The first-order chi connectivity index (χ1) is 17.5. The molecule has 0 saturated carbocycles. The highest BCUT2D eigenvalue weighted by atomic mass is 19.1. The number of hydrogen-bond acceptors (Lipinski definition) is 5. The minimum Gasteiger partial charge on any atom is -0.379 e. The Bertz CT molecular complexity index is 1090. The molecule has 2 heterocycles. The third-order valence-corrected chi connectivity index (χ3v) is 6.34. The van der Waals surface area contributed by atoms with Gasteiger partial charge in [-0.3, -0.25) is 9.69 Å². The van der Waals surface area contributed by atoms with E-state index in [0.29, 0.717) is 49.7 Å². The quantitative estimate of drug-likeness (QED) is 0.606. The molecule has 2 aliphatic rings. The molecule has 1 fully saturated rings. The first kappa shape index (κ1) is 25.7.